The molecule has 1 N–H and O–H groups in total. The first-order chi connectivity index (χ1) is 13.9. The van der Waals surface area contributed by atoms with E-state index in [-0.39, 0.29) is 16.8 Å². The Morgan fingerprint density at radius 2 is 1.90 bits per heavy atom. The third kappa shape index (κ3) is 4.72. The van der Waals surface area contributed by atoms with Crippen molar-refractivity contribution in [3.63, 3.8) is 0 Å². The molecule has 156 valence electrons. The van der Waals surface area contributed by atoms with Crippen LogP contribution < -0.4 is 9.46 Å². The molecular formula is C22H28N2O4S. The van der Waals surface area contributed by atoms with Crippen molar-refractivity contribution in [2.75, 3.05) is 18.4 Å². The minimum Gasteiger partial charge on any atom is -0.497 e. The first-order valence-electron chi connectivity index (χ1n) is 9.94. The van der Waals surface area contributed by atoms with Crippen molar-refractivity contribution in [3.05, 3.63) is 53.6 Å². The minimum absolute atomic E-state index is 0.0762. The molecule has 6 nitrogen and oxygen atoms in total. The van der Waals surface area contributed by atoms with Gasteiger partial charge in [0.25, 0.3) is 15.9 Å². The fraction of sp³-hybridized carbons (Fsp3) is 0.409. The standard InChI is InChI=1S/C22H28N2O4S/c1-4-18-7-5-6-14-24(18)22(25)21-15-20(13-8-16(21)2)29(26,27)23-17-9-11-19(28-3)12-10-17/h8-13,15,18,23H,4-7,14H2,1-3H3. The summed E-state index contributed by atoms with van der Waals surface area (Å²) < 4.78 is 33.4. The van der Waals surface area contributed by atoms with E-state index in [0.29, 0.717) is 17.0 Å². The Labute approximate surface area is 172 Å². The van der Waals surface area contributed by atoms with E-state index in [9.17, 15) is 13.2 Å². The highest BCUT2D eigenvalue weighted by molar-refractivity contribution is 7.92. The van der Waals surface area contributed by atoms with Crippen LogP contribution in [0.4, 0.5) is 5.69 Å². The summed E-state index contributed by atoms with van der Waals surface area (Å²) in [5.74, 6) is 0.554. The number of nitrogens with zero attached hydrogens (tertiary/aromatic N) is 1. The number of rotatable bonds is 6. The van der Waals surface area contributed by atoms with Gasteiger partial charge >= 0.3 is 0 Å². The topological polar surface area (TPSA) is 75.7 Å². The predicted octanol–water partition coefficient (Wildman–Crippen LogP) is 4.21. The quantitative estimate of drug-likeness (QED) is 0.765. The lowest BCUT2D eigenvalue weighted by Crippen LogP contribution is -2.43. The molecule has 3 rings (SSSR count). The summed E-state index contributed by atoms with van der Waals surface area (Å²) in [7, 11) is -2.27. The number of carbonyl (C=O) groups is 1. The molecule has 2 aromatic rings. The van der Waals surface area contributed by atoms with E-state index in [1.165, 1.54) is 12.1 Å². The summed E-state index contributed by atoms with van der Waals surface area (Å²) in [6.45, 7) is 4.64. The van der Waals surface area contributed by atoms with E-state index < -0.39 is 10.0 Å². The van der Waals surface area contributed by atoms with Crippen LogP contribution in [0.25, 0.3) is 0 Å². The van der Waals surface area contributed by atoms with Crippen molar-refractivity contribution in [1.82, 2.24) is 4.90 Å². The molecule has 0 bridgehead atoms. The summed E-state index contributed by atoms with van der Waals surface area (Å²) in [5, 5.41) is 0. The maximum atomic E-state index is 13.2. The lowest BCUT2D eigenvalue weighted by atomic mass is 9.98. The molecule has 29 heavy (non-hydrogen) atoms. The SMILES string of the molecule is CCC1CCCCN1C(=O)c1cc(S(=O)(=O)Nc2ccc(OC)cc2)ccc1C. The average Bonchev–Trinajstić information content (AvgIpc) is 2.73. The number of nitrogens with one attached hydrogen (secondary N) is 1. The monoisotopic (exact) mass is 416 g/mol. The van der Waals surface area contributed by atoms with Gasteiger partial charge in [-0.15, -0.1) is 0 Å². The van der Waals surface area contributed by atoms with Crippen LogP contribution in [-0.4, -0.2) is 38.9 Å². The average molecular weight is 417 g/mol. The number of sulfonamides is 1. The number of likely N-dealkylation sites (tertiary alicyclic amines) is 1. The van der Waals surface area contributed by atoms with Crippen LogP contribution in [0.15, 0.2) is 47.4 Å². The van der Waals surface area contributed by atoms with Gasteiger partial charge in [-0.25, -0.2) is 8.42 Å². The number of hydrogen-bond donors (Lipinski definition) is 1. The number of benzene rings is 2. The van der Waals surface area contributed by atoms with Crippen LogP contribution >= 0.6 is 0 Å². The highest BCUT2D eigenvalue weighted by atomic mass is 32.2. The number of hydrogen-bond acceptors (Lipinski definition) is 4. The molecule has 7 heteroatoms. The third-order valence-electron chi connectivity index (χ3n) is 5.45. The molecule has 1 fully saturated rings. The van der Waals surface area contributed by atoms with Crippen molar-refractivity contribution in [3.8, 4) is 5.75 Å². The Balaban J connectivity index is 1.87. The lowest BCUT2D eigenvalue weighted by Gasteiger charge is -2.35. The molecule has 0 spiro atoms. The molecule has 0 aliphatic carbocycles. The highest BCUT2D eigenvalue weighted by Crippen LogP contribution is 2.25. The van der Waals surface area contributed by atoms with Gasteiger partial charge in [0.15, 0.2) is 0 Å². The van der Waals surface area contributed by atoms with Crippen molar-refractivity contribution in [2.45, 2.75) is 50.5 Å². The fourth-order valence-corrected chi connectivity index (χ4v) is 4.80. The van der Waals surface area contributed by atoms with Gasteiger partial charge in [-0.05, 0) is 74.6 Å². The largest absolute Gasteiger partial charge is 0.497 e. The molecule has 1 unspecified atom stereocenters. The molecule has 1 atom stereocenters. The van der Waals surface area contributed by atoms with Crippen LogP contribution in [-0.2, 0) is 10.0 Å². The lowest BCUT2D eigenvalue weighted by molar-refractivity contribution is 0.0607. The third-order valence-corrected chi connectivity index (χ3v) is 6.83. The summed E-state index contributed by atoms with van der Waals surface area (Å²) in [6, 6.07) is 11.6. The number of methoxy groups -OCH3 is 1. The van der Waals surface area contributed by atoms with Gasteiger partial charge in [-0.2, -0.15) is 0 Å². The van der Waals surface area contributed by atoms with Crippen LogP contribution in [0.3, 0.4) is 0 Å². The molecule has 0 aromatic heterocycles. The zero-order valence-corrected chi connectivity index (χ0v) is 18.0. The number of piperidine rings is 1. The van der Waals surface area contributed by atoms with Crippen LogP contribution in [0.2, 0.25) is 0 Å². The van der Waals surface area contributed by atoms with E-state index in [1.807, 2.05) is 11.8 Å². The van der Waals surface area contributed by atoms with Crippen molar-refractivity contribution >= 4 is 21.6 Å². The van der Waals surface area contributed by atoms with E-state index in [2.05, 4.69) is 11.6 Å². The molecule has 1 aliphatic heterocycles. The number of anilines is 1. The summed E-state index contributed by atoms with van der Waals surface area (Å²) in [6.07, 6.45) is 4.01. The molecular weight excluding hydrogens is 388 g/mol. The number of carbonyl (C=O) groups excluding carboxylic acids is 1. The number of ether oxygens (including phenoxy) is 1. The van der Waals surface area contributed by atoms with Gasteiger partial charge in [0, 0.05) is 23.8 Å². The van der Waals surface area contributed by atoms with Crippen LogP contribution in [0.1, 0.15) is 48.5 Å². The molecule has 2 aromatic carbocycles. The van der Waals surface area contributed by atoms with Gasteiger partial charge in [-0.1, -0.05) is 13.0 Å². The molecule has 1 aliphatic rings. The minimum atomic E-state index is -3.82. The van der Waals surface area contributed by atoms with Crippen LogP contribution in [0.5, 0.6) is 5.75 Å². The Hall–Kier alpha value is -2.54. The van der Waals surface area contributed by atoms with E-state index >= 15 is 0 Å². The Morgan fingerprint density at radius 1 is 1.17 bits per heavy atom. The molecule has 0 radical (unpaired) electrons. The second-order valence-corrected chi connectivity index (χ2v) is 9.05. The highest BCUT2D eigenvalue weighted by Gasteiger charge is 2.28. The van der Waals surface area contributed by atoms with Gasteiger partial charge < -0.3 is 9.64 Å². The molecule has 1 amide bonds. The first-order valence-corrected chi connectivity index (χ1v) is 11.4. The number of aryl methyl sites for hydroxylation is 1. The van der Waals surface area contributed by atoms with Gasteiger partial charge in [0.2, 0.25) is 0 Å². The molecule has 1 saturated heterocycles. The first kappa shape index (κ1) is 21.2. The van der Waals surface area contributed by atoms with E-state index in [4.69, 9.17) is 4.74 Å². The van der Waals surface area contributed by atoms with Crippen molar-refractivity contribution in [2.24, 2.45) is 0 Å². The normalized spacial score (nSPS) is 17.1. The molecule has 0 saturated carbocycles. The Bertz CT molecular complexity index is 971. The van der Waals surface area contributed by atoms with Crippen molar-refractivity contribution in [1.29, 1.82) is 0 Å². The zero-order valence-electron chi connectivity index (χ0n) is 17.1. The fourth-order valence-electron chi connectivity index (χ4n) is 3.72. The maximum Gasteiger partial charge on any atom is 0.261 e. The predicted molar refractivity (Wildman–Crippen MR) is 114 cm³/mol. The smallest absolute Gasteiger partial charge is 0.261 e. The van der Waals surface area contributed by atoms with Gasteiger partial charge in [-0.3, -0.25) is 9.52 Å². The second-order valence-electron chi connectivity index (χ2n) is 7.37. The van der Waals surface area contributed by atoms with Crippen molar-refractivity contribution < 1.29 is 17.9 Å². The maximum absolute atomic E-state index is 13.2. The summed E-state index contributed by atoms with van der Waals surface area (Å²) in [5.41, 5.74) is 1.66. The Morgan fingerprint density at radius 3 is 2.55 bits per heavy atom. The van der Waals surface area contributed by atoms with E-state index in [0.717, 1.165) is 37.8 Å². The summed E-state index contributed by atoms with van der Waals surface area (Å²) in [4.78, 5) is 15.2. The molecule has 1 heterocycles. The zero-order chi connectivity index (χ0) is 21.0. The van der Waals surface area contributed by atoms with Gasteiger partial charge in [0.1, 0.15) is 5.75 Å². The number of amides is 1. The summed E-state index contributed by atoms with van der Waals surface area (Å²) >= 11 is 0. The second kappa shape index (κ2) is 8.86. The van der Waals surface area contributed by atoms with Gasteiger partial charge in [0.05, 0.1) is 12.0 Å². The van der Waals surface area contributed by atoms with E-state index in [1.54, 1.807) is 37.4 Å². The Kier molecular flexibility index (Phi) is 6.47. The van der Waals surface area contributed by atoms with Crippen LogP contribution in [0, 0.1) is 6.92 Å².